The number of aromatic nitrogens is 10. The number of aliphatic hydroxyl groups excluding tert-OH is 2. The SMILES string of the molecule is CO.CO.Cc1cc2nn1CCn1nc(cc1C)CN(Cc1ccccn1)Cc1cc(C)n(n1)CCn1nc(cc1C)CN(Cc1ccccn1)C2.O=[N+]([O-])[O-].O=[N+]([O-])[O-].O=[N+]([O-])[O-].O=[N+]([O-])[O-].[Cu+2].[Cu+2]. The molecule has 0 unspecified atom stereocenters. The van der Waals surface area contributed by atoms with E-state index < -0.39 is 20.3 Å². The maximum absolute atomic E-state index is 8.25. The predicted molar refractivity (Wildman–Crippen MR) is 240 cm³/mol. The van der Waals surface area contributed by atoms with Crippen molar-refractivity contribution >= 4 is 0 Å². The number of aliphatic hydroxyl groups is 2. The molecule has 32 heteroatoms. The van der Waals surface area contributed by atoms with Crippen LogP contribution in [0.5, 0.6) is 0 Å². The van der Waals surface area contributed by atoms with Gasteiger partial charge in [-0.15, -0.1) is 0 Å². The van der Waals surface area contributed by atoms with E-state index in [1.165, 1.54) is 0 Å². The van der Waals surface area contributed by atoms with Crippen LogP contribution in [0, 0.1) is 89.0 Å². The van der Waals surface area contributed by atoms with Crippen LogP contribution in [0.25, 0.3) is 0 Å². The van der Waals surface area contributed by atoms with E-state index in [0.29, 0.717) is 39.3 Å². The normalized spacial score (nSPS) is 12.0. The molecule has 0 spiro atoms. The van der Waals surface area contributed by atoms with Gasteiger partial charge in [-0.3, -0.25) is 38.5 Å². The molecule has 7 rings (SSSR count). The van der Waals surface area contributed by atoms with Crippen molar-refractivity contribution in [1.29, 1.82) is 0 Å². The van der Waals surface area contributed by atoms with Crippen LogP contribution >= 0.6 is 0 Å². The van der Waals surface area contributed by atoms with Crippen molar-refractivity contribution in [1.82, 2.24) is 58.9 Å². The molecule has 6 aromatic heterocycles. The van der Waals surface area contributed by atoms with Gasteiger partial charge in [0.2, 0.25) is 0 Å². The van der Waals surface area contributed by atoms with Crippen molar-refractivity contribution in [2.24, 2.45) is 0 Å². The summed E-state index contributed by atoms with van der Waals surface area (Å²) in [6.07, 6.45) is 3.71. The molecule has 0 saturated carbocycles. The predicted octanol–water partition coefficient (Wildman–Crippen LogP) is 2.87. The fraction of sp³-hybridized carbons (Fsp3) is 0.421. The summed E-state index contributed by atoms with van der Waals surface area (Å²) in [6.45, 7) is 15.7. The topological polar surface area (TPSA) is 409 Å². The summed E-state index contributed by atoms with van der Waals surface area (Å²) < 4.78 is 8.41. The van der Waals surface area contributed by atoms with E-state index in [1.54, 1.807) is 0 Å². The van der Waals surface area contributed by atoms with Gasteiger partial charge < -0.3 is 71.5 Å². The fourth-order valence-electron chi connectivity index (χ4n) is 6.60. The Morgan fingerprint density at radius 3 is 0.843 bits per heavy atom. The number of rotatable bonds is 4. The third-order valence-electron chi connectivity index (χ3n) is 8.94. The van der Waals surface area contributed by atoms with Crippen LogP contribution < -0.4 is 0 Å². The number of hydrogen-bond acceptors (Lipinski definition) is 22. The van der Waals surface area contributed by atoms with Crippen LogP contribution in [-0.2, 0) is 99.6 Å². The van der Waals surface area contributed by atoms with Crippen molar-refractivity contribution in [3.63, 3.8) is 0 Å². The Balaban J connectivity index is 0. The third kappa shape index (κ3) is 26.4. The van der Waals surface area contributed by atoms with E-state index in [4.69, 9.17) is 91.9 Å². The second-order valence-corrected chi connectivity index (χ2v) is 13.8. The quantitative estimate of drug-likeness (QED) is 0.146. The van der Waals surface area contributed by atoms with Crippen molar-refractivity contribution in [3.8, 4) is 0 Å². The third-order valence-corrected chi connectivity index (χ3v) is 8.94. The molecule has 2 N–H and O–H groups in total. The number of nitrogens with zero attached hydrogens (tertiary/aromatic N) is 16. The number of aryl methyl sites for hydroxylation is 8. The van der Waals surface area contributed by atoms with Crippen LogP contribution in [0.1, 0.15) is 56.9 Å². The van der Waals surface area contributed by atoms with E-state index in [-0.39, 0.29) is 34.1 Å². The van der Waals surface area contributed by atoms with Gasteiger partial charge >= 0.3 is 34.1 Å². The average Bonchev–Trinajstić information content (AvgIpc) is 4.01. The van der Waals surface area contributed by atoms with E-state index in [0.717, 1.165) is 97.3 Å². The minimum atomic E-state index is -1.75. The van der Waals surface area contributed by atoms with Crippen molar-refractivity contribution in [2.45, 2.75) is 93.1 Å². The Morgan fingerprint density at radius 2 is 0.657 bits per heavy atom. The standard InChI is InChI=1S/C36H44N12.2CH4O.2Cu.4NO3/c1-27-17-33-23-43(21-31-9-5-7-11-37-31)24-34-19-29(3)47(41-34)15-16-48-30(4)20-36(42-48)26-44(22-32-10-6-8-12-38-32)25-35-18-28(2)46(40-35)14-13-45(27)39-33;2*1-2;;;4*2-1(3)4/h5-12,17-20H,13-16,21-26H2,1-4H3;2*2H,1H3;;;;;;/q;;;2*+2;4*-1. The summed E-state index contributed by atoms with van der Waals surface area (Å²) in [7, 11) is 2.00. The van der Waals surface area contributed by atoms with Gasteiger partial charge in [0.1, 0.15) is 0 Å². The van der Waals surface area contributed by atoms with Gasteiger partial charge in [0.25, 0.3) is 0 Å². The molecular formula is C38H52Cu2N16O14. The largest absolute Gasteiger partial charge is 2.00 e. The fourth-order valence-corrected chi connectivity index (χ4v) is 6.60. The molecule has 1 aliphatic heterocycles. The van der Waals surface area contributed by atoms with E-state index >= 15 is 0 Å². The molecule has 0 fully saturated rings. The van der Waals surface area contributed by atoms with Gasteiger partial charge in [0, 0.05) is 88.7 Å². The summed E-state index contributed by atoms with van der Waals surface area (Å²) in [5.41, 5.74) is 10.8. The minimum absolute atomic E-state index is 0. The first-order valence-corrected chi connectivity index (χ1v) is 19.8. The summed E-state index contributed by atoms with van der Waals surface area (Å²) in [5, 5.41) is 93.2. The van der Waals surface area contributed by atoms with E-state index in [2.05, 4.69) is 103 Å². The first kappa shape index (κ1) is 64.9. The van der Waals surface area contributed by atoms with E-state index in [9.17, 15) is 0 Å². The Kier molecular flexibility index (Phi) is 32.5. The molecule has 390 valence electrons. The molecule has 1 aliphatic rings. The number of hydrogen-bond donors (Lipinski definition) is 2. The monoisotopic (exact) mass is 1080 g/mol. The average molecular weight is 1080 g/mol. The summed E-state index contributed by atoms with van der Waals surface area (Å²) in [5.74, 6) is 0. The molecule has 6 aromatic rings. The zero-order valence-electron chi connectivity index (χ0n) is 38.6. The van der Waals surface area contributed by atoms with Gasteiger partial charge in [-0.25, -0.2) is 0 Å². The summed E-state index contributed by atoms with van der Waals surface area (Å²) in [6, 6.07) is 20.9. The van der Waals surface area contributed by atoms with Crippen molar-refractivity contribution < 1.29 is 64.7 Å². The zero-order chi connectivity index (χ0) is 51.3. The Labute approximate surface area is 420 Å². The van der Waals surface area contributed by atoms with E-state index in [1.807, 2.05) is 36.7 Å². The molecule has 70 heavy (non-hydrogen) atoms. The van der Waals surface area contributed by atoms with Crippen LogP contribution in [0.15, 0.2) is 73.1 Å². The summed E-state index contributed by atoms with van der Waals surface area (Å²) in [4.78, 5) is 47.0. The molecule has 30 nitrogen and oxygen atoms in total. The Hall–Kier alpha value is -7.18. The van der Waals surface area contributed by atoms with Crippen LogP contribution in [0.4, 0.5) is 0 Å². The van der Waals surface area contributed by atoms with Gasteiger partial charge in [0.05, 0.1) is 80.7 Å². The van der Waals surface area contributed by atoms with Crippen molar-refractivity contribution in [3.05, 3.63) is 191 Å². The molecule has 0 aromatic carbocycles. The van der Waals surface area contributed by atoms with Gasteiger partial charge in [-0.1, -0.05) is 12.1 Å². The van der Waals surface area contributed by atoms with Gasteiger partial charge in [-0.05, 0) is 76.2 Å². The second kappa shape index (κ2) is 35.0. The molecule has 0 atom stereocenters. The van der Waals surface area contributed by atoms with Crippen LogP contribution in [-0.4, -0.2) is 104 Å². The smallest absolute Gasteiger partial charge is 0.400 e. The first-order chi connectivity index (χ1) is 32.3. The summed E-state index contributed by atoms with van der Waals surface area (Å²) >= 11 is 0. The number of pyridine rings is 2. The molecule has 8 bridgehead atoms. The van der Waals surface area contributed by atoms with Gasteiger partial charge in [0.15, 0.2) is 0 Å². The maximum Gasteiger partial charge on any atom is 2.00 e. The zero-order valence-corrected chi connectivity index (χ0v) is 40.4. The molecule has 7 heterocycles. The first-order valence-electron chi connectivity index (χ1n) is 19.8. The second-order valence-electron chi connectivity index (χ2n) is 13.8. The molecule has 0 saturated heterocycles. The molecular weight excluding hydrogens is 1030 g/mol. The maximum atomic E-state index is 8.25. The van der Waals surface area contributed by atoms with Crippen LogP contribution in [0.2, 0.25) is 0 Å². The Bertz CT molecular complexity index is 2120. The molecule has 2 radical (unpaired) electrons. The molecule has 0 aliphatic carbocycles. The van der Waals surface area contributed by atoms with Crippen LogP contribution in [0.3, 0.4) is 0 Å². The molecule has 0 amide bonds. The van der Waals surface area contributed by atoms with Gasteiger partial charge in [-0.2, -0.15) is 20.4 Å². The number of fused-ring (bicyclic) bond motifs is 8. The van der Waals surface area contributed by atoms with Crippen molar-refractivity contribution in [2.75, 3.05) is 14.2 Å². The Morgan fingerprint density at radius 1 is 0.443 bits per heavy atom. The minimum Gasteiger partial charge on any atom is -0.400 e.